The van der Waals surface area contributed by atoms with E-state index in [1.54, 1.807) is 0 Å². The summed E-state index contributed by atoms with van der Waals surface area (Å²) in [6.45, 7) is 1.02. The Hall–Kier alpha value is -1.71. The molecule has 0 aliphatic heterocycles. The number of anilines is 2. The molecule has 0 unspecified atom stereocenters. The van der Waals surface area contributed by atoms with E-state index in [1.165, 1.54) is 45.6 Å². The third-order valence-electron chi connectivity index (χ3n) is 3.92. The first-order valence-electron chi connectivity index (χ1n) is 7.47. The third-order valence-corrected chi connectivity index (χ3v) is 3.92. The largest absolute Gasteiger partial charge is 0.453 e. The molecule has 20 heavy (non-hydrogen) atoms. The molecule has 0 bridgehead atoms. The molecule has 2 N–H and O–H groups in total. The SMILES string of the molecule is COC(=O)Nc1ccc(NCCC2CCCCC2)cc1. The van der Waals surface area contributed by atoms with E-state index < -0.39 is 6.09 Å². The fourth-order valence-corrected chi connectivity index (χ4v) is 2.74. The van der Waals surface area contributed by atoms with Crippen LogP contribution in [-0.2, 0) is 4.74 Å². The molecule has 1 aromatic carbocycles. The van der Waals surface area contributed by atoms with Gasteiger partial charge < -0.3 is 10.1 Å². The summed E-state index contributed by atoms with van der Waals surface area (Å²) in [6, 6.07) is 7.71. The highest BCUT2D eigenvalue weighted by atomic mass is 16.5. The predicted octanol–water partition coefficient (Wildman–Crippen LogP) is 4.25. The first-order valence-corrected chi connectivity index (χ1v) is 7.47. The zero-order valence-corrected chi connectivity index (χ0v) is 12.2. The maximum absolute atomic E-state index is 11.1. The lowest BCUT2D eigenvalue weighted by atomic mass is 9.87. The second-order valence-electron chi connectivity index (χ2n) is 5.41. The van der Waals surface area contributed by atoms with Crippen molar-refractivity contribution in [3.05, 3.63) is 24.3 Å². The summed E-state index contributed by atoms with van der Waals surface area (Å²) in [4.78, 5) is 11.1. The fourth-order valence-electron chi connectivity index (χ4n) is 2.74. The summed E-state index contributed by atoms with van der Waals surface area (Å²) in [5.74, 6) is 0.900. The maximum Gasteiger partial charge on any atom is 0.411 e. The minimum atomic E-state index is -0.442. The monoisotopic (exact) mass is 276 g/mol. The molecule has 4 heteroatoms. The topological polar surface area (TPSA) is 50.4 Å². The van der Waals surface area contributed by atoms with Gasteiger partial charge in [0, 0.05) is 17.9 Å². The molecule has 0 aromatic heterocycles. The van der Waals surface area contributed by atoms with E-state index in [9.17, 15) is 4.79 Å². The number of hydrogen-bond acceptors (Lipinski definition) is 3. The second-order valence-corrected chi connectivity index (χ2v) is 5.41. The summed E-state index contributed by atoms with van der Waals surface area (Å²) in [5.41, 5.74) is 1.84. The van der Waals surface area contributed by atoms with Crippen LogP contribution in [0.4, 0.5) is 16.2 Å². The van der Waals surface area contributed by atoms with E-state index in [1.807, 2.05) is 24.3 Å². The van der Waals surface area contributed by atoms with Gasteiger partial charge in [0.05, 0.1) is 7.11 Å². The zero-order valence-electron chi connectivity index (χ0n) is 12.2. The van der Waals surface area contributed by atoms with Crippen LogP contribution in [0.1, 0.15) is 38.5 Å². The van der Waals surface area contributed by atoms with Crippen molar-refractivity contribution >= 4 is 17.5 Å². The molecule has 0 heterocycles. The lowest BCUT2D eigenvalue weighted by Crippen LogP contribution is -2.12. The molecule has 4 nitrogen and oxygen atoms in total. The molecule has 0 atom stereocenters. The van der Waals surface area contributed by atoms with Gasteiger partial charge in [-0.15, -0.1) is 0 Å². The number of ether oxygens (including phenoxy) is 1. The molecule has 1 aromatic rings. The van der Waals surface area contributed by atoms with Crippen molar-refractivity contribution in [2.45, 2.75) is 38.5 Å². The Labute approximate surface area is 120 Å². The van der Waals surface area contributed by atoms with E-state index >= 15 is 0 Å². The number of rotatable bonds is 5. The van der Waals surface area contributed by atoms with Crippen LogP contribution in [-0.4, -0.2) is 19.7 Å². The molecule has 110 valence electrons. The van der Waals surface area contributed by atoms with Crippen LogP contribution < -0.4 is 10.6 Å². The Kier molecular flexibility index (Phi) is 5.71. The molecule has 2 rings (SSSR count). The van der Waals surface area contributed by atoms with Gasteiger partial charge in [0.25, 0.3) is 0 Å². The Balaban J connectivity index is 1.71. The number of hydrogen-bond donors (Lipinski definition) is 2. The average Bonchev–Trinajstić information content (AvgIpc) is 2.50. The summed E-state index contributed by atoms with van der Waals surface area (Å²) >= 11 is 0. The normalized spacial score (nSPS) is 15.7. The number of carbonyl (C=O) groups excluding carboxylic acids is 1. The quantitative estimate of drug-likeness (QED) is 0.845. The van der Waals surface area contributed by atoms with E-state index in [0.717, 1.165) is 23.8 Å². The molecule has 1 aliphatic carbocycles. The van der Waals surface area contributed by atoms with Crippen LogP contribution in [0.25, 0.3) is 0 Å². The Morgan fingerprint density at radius 3 is 2.45 bits per heavy atom. The van der Waals surface area contributed by atoms with E-state index in [0.29, 0.717) is 0 Å². The van der Waals surface area contributed by atoms with Crippen LogP contribution in [0.15, 0.2) is 24.3 Å². The van der Waals surface area contributed by atoms with Crippen molar-refractivity contribution in [3.8, 4) is 0 Å². The first-order chi connectivity index (χ1) is 9.78. The molecule has 1 fully saturated rings. The summed E-state index contributed by atoms with van der Waals surface area (Å²) < 4.78 is 4.55. The molecule has 0 saturated heterocycles. The van der Waals surface area contributed by atoms with Gasteiger partial charge >= 0.3 is 6.09 Å². The molecule has 1 aliphatic rings. The van der Waals surface area contributed by atoms with Gasteiger partial charge in [-0.2, -0.15) is 0 Å². The highest BCUT2D eigenvalue weighted by Gasteiger charge is 2.12. The Morgan fingerprint density at radius 1 is 1.15 bits per heavy atom. The van der Waals surface area contributed by atoms with Crippen molar-refractivity contribution < 1.29 is 9.53 Å². The highest BCUT2D eigenvalue weighted by Crippen LogP contribution is 2.26. The van der Waals surface area contributed by atoms with Gasteiger partial charge in [-0.05, 0) is 36.6 Å². The molecular formula is C16H24N2O2. The average molecular weight is 276 g/mol. The van der Waals surface area contributed by atoms with Crippen molar-refractivity contribution in [1.29, 1.82) is 0 Å². The van der Waals surface area contributed by atoms with Crippen LogP contribution in [0.2, 0.25) is 0 Å². The predicted molar refractivity (Wildman–Crippen MR) is 82.2 cm³/mol. The lowest BCUT2D eigenvalue weighted by molar-refractivity contribution is 0.187. The van der Waals surface area contributed by atoms with Gasteiger partial charge in [-0.25, -0.2) is 4.79 Å². The summed E-state index contributed by atoms with van der Waals surface area (Å²) in [6.07, 6.45) is 7.81. The molecule has 0 spiro atoms. The van der Waals surface area contributed by atoms with Crippen molar-refractivity contribution in [1.82, 2.24) is 0 Å². The molecule has 1 saturated carbocycles. The second kappa shape index (κ2) is 7.78. The fraction of sp³-hybridized carbons (Fsp3) is 0.562. The number of amides is 1. The van der Waals surface area contributed by atoms with E-state index in [4.69, 9.17) is 0 Å². The van der Waals surface area contributed by atoms with Crippen LogP contribution in [0, 0.1) is 5.92 Å². The van der Waals surface area contributed by atoms with Crippen molar-refractivity contribution in [3.63, 3.8) is 0 Å². The van der Waals surface area contributed by atoms with E-state index in [-0.39, 0.29) is 0 Å². The summed E-state index contributed by atoms with van der Waals surface area (Å²) in [7, 11) is 1.36. The third kappa shape index (κ3) is 4.76. The first kappa shape index (κ1) is 14.7. The molecule has 1 amide bonds. The van der Waals surface area contributed by atoms with Gasteiger partial charge in [-0.1, -0.05) is 32.1 Å². The Morgan fingerprint density at radius 2 is 1.80 bits per heavy atom. The minimum Gasteiger partial charge on any atom is -0.453 e. The highest BCUT2D eigenvalue weighted by molar-refractivity contribution is 5.84. The van der Waals surface area contributed by atoms with Crippen LogP contribution >= 0.6 is 0 Å². The standard InChI is InChI=1S/C16H24N2O2/c1-20-16(19)18-15-9-7-14(8-10-15)17-12-11-13-5-3-2-4-6-13/h7-10,13,17H,2-6,11-12H2,1H3,(H,18,19). The number of nitrogens with one attached hydrogen (secondary N) is 2. The van der Waals surface area contributed by atoms with Crippen LogP contribution in [0.5, 0.6) is 0 Å². The van der Waals surface area contributed by atoms with Gasteiger partial charge in [-0.3, -0.25) is 5.32 Å². The lowest BCUT2D eigenvalue weighted by Gasteiger charge is -2.21. The van der Waals surface area contributed by atoms with Gasteiger partial charge in [0.15, 0.2) is 0 Å². The number of benzene rings is 1. The van der Waals surface area contributed by atoms with Crippen LogP contribution in [0.3, 0.4) is 0 Å². The zero-order chi connectivity index (χ0) is 14.2. The smallest absolute Gasteiger partial charge is 0.411 e. The minimum absolute atomic E-state index is 0.442. The van der Waals surface area contributed by atoms with Gasteiger partial charge in [0.1, 0.15) is 0 Å². The number of methoxy groups -OCH3 is 1. The van der Waals surface area contributed by atoms with E-state index in [2.05, 4.69) is 15.4 Å². The maximum atomic E-state index is 11.1. The summed E-state index contributed by atoms with van der Waals surface area (Å²) in [5, 5.41) is 6.08. The van der Waals surface area contributed by atoms with Gasteiger partial charge in [0.2, 0.25) is 0 Å². The van der Waals surface area contributed by atoms with Crippen molar-refractivity contribution in [2.75, 3.05) is 24.3 Å². The number of carbonyl (C=O) groups is 1. The molecule has 0 radical (unpaired) electrons. The molecular weight excluding hydrogens is 252 g/mol. The Bertz CT molecular complexity index is 411. The van der Waals surface area contributed by atoms with Crippen molar-refractivity contribution in [2.24, 2.45) is 5.92 Å².